The van der Waals surface area contributed by atoms with Crippen LogP contribution in [0.1, 0.15) is 54.1 Å². The maximum Gasteiger partial charge on any atom is 0.254 e. The Morgan fingerprint density at radius 1 is 1.19 bits per heavy atom. The van der Waals surface area contributed by atoms with Crippen LogP contribution in [0.4, 0.5) is 0 Å². The van der Waals surface area contributed by atoms with Crippen molar-refractivity contribution >= 4 is 16.9 Å². The van der Waals surface area contributed by atoms with E-state index < -0.39 is 0 Å². The fraction of sp³-hybridized carbons (Fsp3) is 0.500. The number of carbonyl (C=O) groups is 1. The Kier molecular flexibility index (Phi) is 5.72. The highest BCUT2D eigenvalue weighted by atomic mass is 16.2. The van der Waals surface area contributed by atoms with Crippen molar-refractivity contribution in [2.24, 2.45) is 5.92 Å². The summed E-state index contributed by atoms with van der Waals surface area (Å²) in [7, 11) is 0. The van der Waals surface area contributed by atoms with E-state index in [4.69, 9.17) is 4.98 Å². The number of hydrogen-bond donors (Lipinski definition) is 0. The molecule has 168 valence electrons. The van der Waals surface area contributed by atoms with Crippen LogP contribution in [0.3, 0.4) is 0 Å². The van der Waals surface area contributed by atoms with Gasteiger partial charge < -0.3 is 9.47 Å². The Balaban J connectivity index is 1.36. The molecule has 6 nitrogen and oxygen atoms in total. The molecule has 2 aliphatic heterocycles. The second kappa shape index (κ2) is 8.66. The normalized spacial score (nSPS) is 20.0. The number of hydrogen-bond acceptors (Lipinski definition) is 4. The fourth-order valence-corrected chi connectivity index (χ4v) is 5.18. The smallest absolute Gasteiger partial charge is 0.254 e. The van der Waals surface area contributed by atoms with Gasteiger partial charge in [0.15, 0.2) is 0 Å². The molecule has 0 aliphatic carbocycles. The van der Waals surface area contributed by atoms with Gasteiger partial charge in [-0.3, -0.25) is 14.7 Å². The van der Waals surface area contributed by atoms with E-state index in [0.717, 1.165) is 80.1 Å². The van der Waals surface area contributed by atoms with Crippen LogP contribution in [0.5, 0.6) is 0 Å². The largest absolute Gasteiger partial charge is 0.333 e. The standard InChI is InChI=1S/C26H33N5O/c1-4-18(2)24-17-29(16-20-8-7-19(3)27-15-20)12-13-31(24)26(32)21-9-10-22-23(14-21)30-11-5-6-25(30)28-22/h7-10,14-15,18,24H,4-6,11-13,16-17H2,1-3H3. The van der Waals surface area contributed by atoms with Crippen LogP contribution < -0.4 is 0 Å². The van der Waals surface area contributed by atoms with Crippen molar-refractivity contribution in [1.29, 1.82) is 0 Å². The summed E-state index contributed by atoms with van der Waals surface area (Å²) >= 11 is 0. The van der Waals surface area contributed by atoms with E-state index in [-0.39, 0.29) is 11.9 Å². The zero-order valence-corrected chi connectivity index (χ0v) is 19.4. The van der Waals surface area contributed by atoms with E-state index in [1.54, 1.807) is 0 Å². The Bertz CT molecular complexity index is 1120. The van der Waals surface area contributed by atoms with E-state index >= 15 is 0 Å². The molecule has 1 fully saturated rings. The van der Waals surface area contributed by atoms with Gasteiger partial charge in [0.05, 0.1) is 11.0 Å². The topological polar surface area (TPSA) is 54.3 Å². The SMILES string of the molecule is CCC(C)C1CN(Cc2ccc(C)nc2)CCN1C(=O)c1ccc2nc3n(c2c1)CCC3. The molecule has 5 rings (SSSR count). The second-order valence-electron chi connectivity index (χ2n) is 9.48. The van der Waals surface area contributed by atoms with E-state index in [0.29, 0.717) is 5.92 Å². The van der Waals surface area contributed by atoms with Crippen LogP contribution in [-0.2, 0) is 19.5 Å². The molecule has 2 atom stereocenters. The van der Waals surface area contributed by atoms with E-state index in [2.05, 4.69) is 51.4 Å². The molecule has 2 unspecified atom stereocenters. The van der Waals surface area contributed by atoms with Crippen LogP contribution in [0.25, 0.3) is 11.0 Å². The molecule has 0 saturated carbocycles. The number of nitrogens with zero attached hydrogens (tertiary/aromatic N) is 5. The summed E-state index contributed by atoms with van der Waals surface area (Å²) in [5, 5.41) is 0. The third kappa shape index (κ3) is 3.92. The van der Waals surface area contributed by atoms with Gasteiger partial charge >= 0.3 is 0 Å². The lowest BCUT2D eigenvalue weighted by Crippen LogP contribution is -2.57. The van der Waals surface area contributed by atoms with Gasteiger partial charge in [-0.1, -0.05) is 26.3 Å². The average Bonchev–Trinajstić information content (AvgIpc) is 3.41. The first-order chi connectivity index (χ1) is 15.5. The number of fused-ring (bicyclic) bond motifs is 3. The van der Waals surface area contributed by atoms with Crippen molar-refractivity contribution in [2.75, 3.05) is 19.6 Å². The number of imidazole rings is 1. The lowest BCUT2D eigenvalue weighted by molar-refractivity contribution is 0.0302. The molecule has 32 heavy (non-hydrogen) atoms. The third-order valence-electron chi connectivity index (χ3n) is 7.30. The van der Waals surface area contributed by atoms with Crippen LogP contribution >= 0.6 is 0 Å². The van der Waals surface area contributed by atoms with Gasteiger partial charge in [0.25, 0.3) is 5.91 Å². The maximum atomic E-state index is 13.7. The number of amides is 1. The Morgan fingerprint density at radius 2 is 2.06 bits per heavy atom. The number of carbonyl (C=O) groups excluding carboxylic acids is 1. The summed E-state index contributed by atoms with van der Waals surface area (Å²) in [4.78, 5) is 27.5. The highest BCUT2D eigenvalue weighted by Gasteiger charge is 2.34. The summed E-state index contributed by atoms with van der Waals surface area (Å²) in [6.07, 6.45) is 5.21. The van der Waals surface area contributed by atoms with Gasteiger partial charge in [-0.25, -0.2) is 4.98 Å². The molecule has 4 heterocycles. The van der Waals surface area contributed by atoms with Crippen LogP contribution in [0, 0.1) is 12.8 Å². The van der Waals surface area contributed by atoms with Gasteiger partial charge in [-0.2, -0.15) is 0 Å². The van der Waals surface area contributed by atoms with Crippen LogP contribution in [0.2, 0.25) is 0 Å². The first-order valence-electron chi connectivity index (χ1n) is 12.0. The van der Waals surface area contributed by atoms with Crippen LogP contribution in [-0.4, -0.2) is 55.9 Å². The third-order valence-corrected chi connectivity index (χ3v) is 7.30. The number of piperazine rings is 1. The van der Waals surface area contributed by atoms with Gasteiger partial charge in [0, 0.05) is 62.6 Å². The molecule has 0 radical (unpaired) electrons. The molecule has 1 saturated heterocycles. The van der Waals surface area contributed by atoms with E-state index in [9.17, 15) is 4.79 Å². The van der Waals surface area contributed by atoms with Gasteiger partial charge in [-0.15, -0.1) is 0 Å². The minimum Gasteiger partial charge on any atom is -0.333 e. The quantitative estimate of drug-likeness (QED) is 0.611. The predicted octanol–water partition coefficient (Wildman–Crippen LogP) is 4.06. The molecule has 2 aromatic heterocycles. The maximum absolute atomic E-state index is 13.7. The number of aromatic nitrogens is 3. The highest BCUT2D eigenvalue weighted by molar-refractivity contribution is 5.97. The molecule has 1 amide bonds. The number of aryl methyl sites for hydroxylation is 3. The monoisotopic (exact) mass is 431 g/mol. The zero-order valence-electron chi connectivity index (χ0n) is 19.4. The predicted molar refractivity (Wildman–Crippen MR) is 127 cm³/mol. The van der Waals surface area contributed by atoms with Crippen molar-refractivity contribution in [3.05, 3.63) is 59.2 Å². The Hall–Kier alpha value is -2.73. The Morgan fingerprint density at radius 3 is 2.84 bits per heavy atom. The number of benzene rings is 1. The van der Waals surface area contributed by atoms with Crippen molar-refractivity contribution in [1.82, 2.24) is 24.3 Å². The molecule has 0 spiro atoms. The second-order valence-corrected chi connectivity index (χ2v) is 9.48. The average molecular weight is 432 g/mol. The summed E-state index contributed by atoms with van der Waals surface area (Å²) in [5.74, 6) is 1.75. The van der Waals surface area contributed by atoms with Crippen molar-refractivity contribution in [3.8, 4) is 0 Å². The Labute approximate surface area is 190 Å². The van der Waals surface area contributed by atoms with Crippen molar-refractivity contribution < 1.29 is 4.79 Å². The lowest BCUT2D eigenvalue weighted by atomic mass is 9.94. The molecule has 3 aromatic rings. The minimum atomic E-state index is 0.155. The highest BCUT2D eigenvalue weighted by Crippen LogP contribution is 2.27. The number of pyridine rings is 1. The lowest BCUT2D eigenvalue weighted by Gasteiger charge is -2.44. The summed E-state index contributed by atoms with van der Waals surface area (Å²) in [5.41, 5.74) is 5.18. The molecular weight excluding hydrogens is 398 g/mol. The van der Waals surface area contributed by atoms with Crippen molar-refractivity contribution in [3.63, 3.8) is 0 Å². The summed E-state index contributed by atoms with van der Waals surface area (Å²) < 4.78 is 2.28. The molecule has 2 aliphatic rings. The molecular formula is C26H33N5O. The van der Waals surface area contributed by atoms with Crippen molar-refractivity contribution in [2.45, 2.75) is 59.2 Å². The zero-order chi connectivity index (χ0) is 22.2. The minimum absolute atomic E-state index is 0.155. The molecule has 0 N–H and O–H groups in total. The first kappa shape index (κ1) is 21.1. The fourth-order valence-electron chi connectivity index (χ4n) is 5.18. The van der Waals surface area contributed by atoms with Crippen LogP contribution in [0.15, 0.2) is 36.5 Å². The van der Waals surface area contributed by atoms with E-state index in [1.807, 2.05) is 25.3 Å². The van der Waals surface area contributed by atoms with Gasteiger partial charge in [0.2, 0.25) is 0 Å². The van der Waals surface area contributed by atoms with E-state index in [1.165, 1.54) is 5.56 Å². The van der Waals surface area contributed by atoms with Gasteiger partial charge in [0.1, 0.15) is 5.82 Å². The summed E-state index contributed by atoms with van der Waals surface area (Å²) in [6, 6.07) is 10.5. The molecule has 0 bridgehead atoms. The number of rotatable bonds is 5. The molecule has 1 aromatic carbocycles. The first-order valence-corrected chi connectivity index (χ1v) is 12.0. The molecule has 6 heteroatoms. The van der Waals surface area contributed by atoms with Gasteiger partial charge in [-0.05, 0) is 49.1 Å². The summed E-state index contributed by atoms with van der Waals surface area (Å²) in [6.45, 7) is 10.9.